The summed E-state index contributed by atoms with van der Waals surface area (Å²) in [6, 6.07) is 5.22. The third kappa shape index (κ3) is 5.13. The second kappa shape index (κ2) is 8.08. The number of hydrogen-bond donors (Lipinski definition) is 2. The summed E-state index contributed by atoms with van der Waals surface area (Å²) in [4.78, 5) is 2.40. The van der Waals surface area contributed by atoms with Crippen LogP contribution in [-0.4, -0.2) is 42.3 Å². The van der Waals surface area contributed by atoms with Gasteiger partial charge in [-0.05, 0) is 66.0 Å². The summed E-state index contributed by atoms with van der Waals surface area (Å²) in [6.07, 6.45) is 2.77. The second-order valence-corrected chi connectivity index (χ2v) is 6.21. The van der Waals surface area contributed by atoms with Crippen molar-refractivity contribution in [2.24, 2.45) is 0 Å². The van der Waals surface area contributed by atoms with E-state index in [4.69, 9.17) is 0 Å². The van der Waals surface area contributed by atoms with E-state index in [-0.39, 0.29) is 11.9 Å². The molecule has 20 heavy (non-hydrogen) atoms. The first-order chi connectivity index (χ1) is 9.65. The maximum absolute atomic E-state index is 13.3. The minimum Gasteiger partial charge on any atom is -0.393 e. The SMILES string of the molecule is OC1CCN(CCCNCc2ccc(Br)c(F)c2)CC1. The molecule has 0 amide bonds. The van der Waals surface area contributed by atoms with Crippen LogP contribution in [0.2, 0.25) is 0 Å². The number of piperidine rings is 1. The number of nitrogens with zero attached hydrogens (tertiary/aromatic N) is 1. The second-order valence-electron chi connectivity index (χ2n) is 5.35. The van der Waals surface area contributed by atoms with Gasteiger partial charge in [-0.2, -0.15) is 0 Å². The monoisotopic (exact) mass is 344 g/mol. The molecule has 0 radical (unpaired) electrons. The van der Waals surface area contributed by atoms with Gasteiger partial charge in [0.1, 0.15) is 5.82 Å². The van der Waals surface area contributed by atoms with Gasteiger partial charge in [-0.1, -0.05) is 6.07 Å². The molecule has 0 aliphatic carbocycles. The van der Waals surface area contributed by atoms with Crippen LogP contribution in [-0.2, 0) is 6.54 Å². The van der Waals surface area contributed by atoms with Gasteiger partial charge in [-0.15, -0.1) is 0 Å². The molecular formula is C15H22BrFN2O. The molecule has 0 atom stereocenters. The van der Waals surface area contributed by atoms with Gasteiger partial charge in [0, 0.05) is 19.6 Å². The van der Waals surface area contributed by atoms with E-state index in [1.807, 2.05) is 6.07 Å². The van der Waals surface area contributed by atoms with Gasteiger partial charge in [-0.3, -0.25) is 0 Å². The Kier molecular flexibility index (Phi) is 6.42. The highest BCUT2D eigenvalue weighted by atomic mass is 79.9. The number of likely N-dealkylation sites (tertiary alicyclic amines) is 1. The van der Waals surface area contributed by atoms with E-state index in [1.165, 1.54) is 0 Å². The lowest BCUT2D eigenvalue weighted by Gasteiger charge is -2.29. The van der Waals surface area contributed by atoms with Crippen LogP contribution in [0.3, 0.4) is 0 Å². The average molecular weight is 345 g/mol. The minimum absolute atomic E-state index is 0.100. The predicted octanol–water partition coefficient (Wildman–Crippen LogP) is 2.52. The van der Waals surface area contributed by atoms with Crippen LogP contribution in [0, 0.1) is 5.82 Å². The largest absolute Gasteiger partial charge is 0.393 e. The zero-order valence-corrected chi connectivity index (χ0v) is 13.2. The molecule has 1 aliphatic rings. The molecule has 0 bridgehead atoms. The molecule has 1 aliphatic heterocycles. The third-order valence-corrected chi connectivity index (χ3v) is 4.34. The molecule has 3 nitrogen and oxygen atoms in total. The molecule has 0 spiro atoms. The van der Waals surface area contributed by atoms with Crippen molar-refractivity contribution in [3.05, 3.63) is 34.1 Å². The Morgan fingerprint density at radius 1 is 1.35 bits per heavy atom. The smallest absolute Gasteiger partial charge is 0.137 e. The summed E-state index contributed by atoms with van der Waals surface area (Å²) in [6.45, 7) is 4.69. The fourth-order valence-corrected chi connectivity index (χ4v) is 2.70. The minimum atomic E-state index is -0.212. The molecule has 1 aromatic rings. The van der Waals surface area contributed by atoms with Crippen LogP contribution in [0.4, 0.5) is 4.39 Å². The molecule has 0 saturated carbocycles. The van der Waals surface area contributed by atoms with E-state index in [0.717, 1.165) is 51.0 Å². The molecule has 2 N–H and O–H groups in total. The van der Waals surface area contributed by atoms with Gasteiger partial charge in [0.25, 0.3) is 0 Å². The standard InChI is InChI=1S/C15H22BrFN2O/c16-14-3-2-12(10-15(14)17)11-18-6-1-7-19-8-4-13(20)5-9-19/h2-3,10,13,18,20H,1,4-9,11H2. The first kappa shape index (κ1) is 15.9. The quantitative estimate of drug-likeness (QED) is 0.778. The Bertz CT molecular complexity index is 422. The highest BCUT2D eigenvalue weighted by molar-refractivity contribution is 9.10. The van der Waals surface area contributed by atoms with E-state index in [2.05, 4.69) is 26.1 Å². The normalized spacial score (nSPS) is 17.6. The predicted molar refractivity (Wildman–Crippen MR) is 82.1 cm³/mol. The molecule has 5 heteroatoms. The number of benzene rings is 1. The van der Waals surface area contributed by atoms with Gasteiger partial charge in [0.2, 0.25) is 0 Å². The van der Waals surface area contributed by atoms with E-state index >= 15 is 0 Å². The topological polar surface area (TPSA) is 35.5 Å². The number of aliphatic hydroxyl groups excluding tert-OH is 1. The van der Waals surface area contributed by atoms with E-state index in [0.29, 0.717) is 11.0 Å². The van der Waals surface area contributed by atoms with Crippen molar-refractivity contribution < 1.29 is 9.50 Å². The fraction of sp³-hybridized carbons (Fsp3) is 0.600. The summed E-state index contributed by atoms with van der Waals surface area (Å²) in [5.74, 6) is -0.212. The van der Waals surface area contributed by atoms with Crippen molar-refractivity contribution in [1.82, 2.24) is 10.2 Å². The molecule has 0 aromatic heterocycles. The van der Waals surface area contributed by atoms with E-state index in [9.17, 15) is 9.50 Å². The van der Waals surface area contributed by atoms with Crippen LogP contribution >= 0.6 is 15.9 Å². The van der Waals surface area contributed by atoms with Crippen LogP contribution in [0.25, 0.3) is 0 Å². The molecule has 2 rings (SSSR count). The van der Waals surface area contributed by atoms with Gasteiger partial charge in [0.15, 0.2) is 0 Å². The average Bonchev–Trinajstić information content (AvgIpc) is 2.44. The van der Waals surface area contributed by atoms with Crippen LogP contribution in [0.15, 0.2) is 22.7 Å². The van der Waals surface area contributed by atoms with E-state index in [1.54, 1.807) is 12.1 Å². The summed E-state index contributed by atoms with van der Waals surface area (Å²) in [5, 5.41) is 12.8. The first-order valence-electron chi connectivity index (χ1n) is 7.20. The van der Waals surface area contributed by atoms with Crippen molar-refractivity contribution in [2.75, 3.05) is 26.2 Å². The van der Waals surface area contributed by atoms with Crippen LogP contribution in [0.1, 0.15) is 24.8 Å². The Morgan fingerprint density at radius 2 is 2.10 bits per heavy atom. The molecular weight excluding hydrogens is 323 g/mol. The molecule has 1 heterocycles. The summed E-state index contributed by atoms with van der Waals surface area (Å²) >= 11 is 3.15. The molecule has 1 saturated heterocycles. The van der Waals surface area contributed by atoms with E-state index < -0.39 is 0 Å². The maximum Gasteiger partial charge on any atom is 0.137 e. The number of hydrogen-bond acceptors (Lipinski definition) is 3. The Labute approximate surface area is 128 Å². The van der Waals surface area contributed by atoms with Crippen molar-refractivity contribution >= 4 is 15.9 Å². The lowest BCUT2D eigenvalue weighted by atomic mass is 10.1. The van der Waals surface area contributed by atoms with Gasteiger partial charge in [-0.25, -0.2) is 4.39 Å². The van der Waals surface area contributed by atoms with Crippen molar-refractivity contribution in [3.8, 4) is 0 Å². The van der Waals surface area contributed by atoms with Crippen molar-refractivity contribution in [2.45, 2.75) is 31.9 Å². The molecule has 1 fully saturated rings. The Morgan fingerprint density at radius 3 is 2.80 bits per heavy atom. The van der Waals surface area contributed by atoms with Crippen molar-refractivity contribution in [1.29, 1.82) is 0 Å². The number of nitrogens with one attached hydrogen (secondary N) is 1. The number of aliphatic hydroxyl groups is 1. The van der Waals surface area contributed by atoms with Gasteiger partial charge in [0.05, 0.1) is 10.6 Å². The Balaban J connectivity index is 1.58. The van der Waals surface area contributed by atoms with Gasteiger partial charge < -0.3 is 15.3 Å². The molecule has 112 valence electrons. The summed E-state index contributed by atoms with van der Waals surface area (Å²) < 4.78 is 13.8. The summed E-state index contributed by atoms with van der Waals surface area (Å²) in [5.41, 5.74) is 0.965. The zero-order chi connectivity index (χ0) is 14.4. The van der Waals surface area contributed by atoms with Crippen molar-refractivity contribution in [3.63, 3.8) is 0 Å². The number of rotatable bonds is 6. The highest BCUT2D eigenvalue weighted by Crippen LogP contribution is 2.16. The molecule has 0 unspecified atom stereocenters. The van der Waals surface area contributed by atoms with Gasteiger partial charge >= 0.3 is 0 Å². The highest BCUT2D eigenvalue weighted by Gasteiger charge is 2.15. The zero-order valence-electron chi connectivity index (χ0n) is 11.6. The van der Waals surface area contributed by atoms with Crippen LogP contribution < -0.4 is 5.32 Å². The third-order valence-electron chi connectivity index (χ3n) is 3.70. The fourth-order valence-electron chi connectivity index (χ4n) is 2.45. The lowest BCUT2D eigenvalue weighted by molar-refractivity contribution is 0.0821. The molecule has 1 aromatic carbocycles. The maximum atomic E-state index is 13.3. The van der Waals surface area contributed by atoms with Crippen LogP contribution in [0.5, 0.6) is 0 Å². The number of halogens is 2. The summed E-state index contributed by atoms with van der Waals surface area (Å²) in [7, 11) is 0. The Hall–Kier alpha value is -0.490. The lowest BCUT2D eigenvalue weighted by Crippen LogP contribution is -2.37. The first-order valence-corrected chi connectivity index (χ1v) is 7.99.